The number of hydrogen-bond donors (Lipinski definition) is 1. The van der Waals surface area contributed by atoms with E-state index in [2.05, 4.69) is 10.3 Å². The first-order chi connectivity index (χ1) is 13.7. The SMILES string of the molecule is CC(=O)N1c2ccc(NC(=O)[C@@]3(C)CC(=O)N=C4C=C(C)C=CN43)cc2C[C@@H]1C. The summed E-state index contributed by atoms with van der Waals surface area (Å²) in [6, 6.07) is 5.66. The molecule has 3 amide bonds. The monoisotopic (exact) mass is 392 g/mol. The third-order valence-corrected chi connectivity index (χ3v) is 5.74. The Kier molecular flexibility index (Phi) is 4.41. The molecule has 0 aliphatic carbocycles. The number of rotatable bonds is 2. The fourth-order valence-corrected chi connectivity index (χ4v) is 4.28. The number of carbonyl (C=O) groups excluding carboxylic acids is 3. The van der Waals surface area contributed by atoms with Crippen molar-refractivity contribution >= 4 is 34.9 Å². The highest BCUT2D eigenvalue weighted by Gasteiger charge is 2.45. The van der Waals surface area contributed by atoms with Gasteiger partial charge in [-0.3, -0.25) is 14.4 Å². The lowest BCUT2D eigenvalue weighted by atomic mass is 9.90. The molecule has 3 aliphatic heterocycles. The molecular weight excluding hydrogens is 368 g/mol. The molecule has 0 saturated heterocycles. The number of carbonyl (C=O) groups is 3. The quantitative estimate of drug-likeness (QED) is 0.839. The number of aliphatic imine (C=N–C) groups is 1. The Bertz CT molecular complexity index is 1020. The van der Waals surface area contributed by atoms with E-state index < -0.39 is 5.54 Å². The molecule has 3 heterocycles. The lowest BCUT2D eigenvalue weighted by Gasteiger charge is -2.42. The van der Waals surface area contributed by atoms with E-state index in [4.69, 9.17) is 0 Å². The first kappa shape index (κ1) is 19.1. The standard InChI is InChI=1S/C22H24N4O3/c1-13-7-8-25-19(9-13)24-20(28)12-22(25,4)21(29)23-17-5-6-18-16(11-17)10-14(2)26(18)15(3)27/h5-9,11,14H,10,12H2,1-4H3,(H,23,29)/t14-,22+/m0/s1. The van der Waals surface area contributed by atoms with Crippen LogP contribution in [-0.4, -0.2) is 40.0 Å². The zero-order valence-corrected chi connectivity index (χ0v) is 17.0. The molecule has 4 rings (SSSR count). The fourth-order valence-electron chi connectivity index (χ4n) is 4.28. The Labute approximate surface area is 169 Å². The third-order valence-electron chi connectivity index (χ3n) is 5.74. The summed E-state index contributed by atoms with van der Waals surface area (Å²) in [7, 11) is 0. The average Bonchev–Trinajstić information content (AvgIpc) is 2.96. The maximum absolute atomic E-state index is 13.2. The normalized spacial score (nSPS) is 25.2. The number of amides is 3. The molecule has 29 heavy (non-hydrogen) atoms. The Morgan fingerprint density at radius 2 is 2.07 bits per heavy atom. The number of allylic oxidation sites excluding steroid dienone is 2. The van der Waals surface area contributed by atoms with Gasteiger partial charge >= 0.3 is 0 Å². The zero-order valence-electron chi connectivity index (χ0n) is 17.0. The van der Waals surface area contributed by atoms with E-state index in [1.165, 1.54) is 0 Å². The van der Waals surface area contributed by atoms with Gasteiger partial charge < -0.3 is 15.1 Å². The van der Waals surface area contributed by atoms with Gasteiger partial charge in [0.1, 0.15) is 11.4 Å². The van der Waals surface area contributed by atoms with E-state index in [1.807, 2.05) is 32.1 Å². The van der Waals surface area contributed by atoms with Crippen LogP contribution in [0.25, 0.3) is 0 Å². The minimum Gasteiger partial charge on any atom is -0.324 e. The highest BCUT2D eigenvalue weighted by atomic mass is 16.2. The summed E-state index contributed by atoms with van der Waals surface area (Å²) >= 11 is 0. The lowest BCUT2D eigenvalue weighted by Crippen LogP contribution is -2.58. The maximum Gasteiger partial charge on any atom is 0.250 e. The summed E-state index contributed by atoms with van der Waals surface area (Å²) in [6.07, 6.45) is 6.24. The van der Waals surface area contributed by atoms with E-state index in [0.717, 1.165) is 23.2 Å². The number of amidine groups is 1. The molecule has 7 nitrogen and oxygen atoms in total. The number of nitrogens with zero attached hydrogens (tertiary/aromatic N) is 3. The Balaban J connectivity index is 1.60. The van der Waals surface area contributed by atoms with Crippen molar-refractivity contribution in [1.82, 2.24) is 4.90 Å². The molecular formula is C22H24N4O3. The molecule has 3 aliphatic rings. The van der Waals surface area contributed by atoms with Crippen molar-refractivity contribution in [3.8, 4) is 0 Å². The molecule has 0 bridgehead atoms. The second kappa shape index (κ2) is 6.69. The highest BCUT2D eigenvalue weighted by molar-refractivity contribution is 6.12. The van der Waals surface area contributed by atoms with Crippen molar-refractivity contribution in [2.24, 2.45) is 4.99 Å². The molecule has 2 atom stereocenters. The number of fused-ring (bicyclic) bond motifs is 2. The molecule has 1 aromatic rings. The van der Waals surface area contributed by atoms with Crippen molar-refractivity contribution < 1.29 is 14.4 Å². The van der Waals surface area contributed by atoms with Crippen molar-refractivity contribution in [3.05, 3.63) is 47.7 Å². The van der Waals surface area contributed by atoms with Crippen molar-refractivity contribution in [3.63, 3.8) is 0 Å². The van der Waals surface area contributed by atoms with Crippen LogP contribution in [0.2, 0.25) is 0 Å². The minimum atomic E-state index is -1.07. The summed E-state index contributed by atoms with van der Waals surface area (Å²) in [4.78, 5) is 45.0. The van der Waals surface area contributed by atoms with E-state index in [0.29, 0.717) is 11.5 Å². The van der Waals surface area contributed by atoms with Gasteiger partial charge in [0.25, 0.3) is 11.8 Å². The van der Waals surface area contributed by atoms with Gasteiger partial charge in [-0.2, -0.15) is 4.99 Å². The molecule has 0 fully saturated rings. The van der Waals surface area contributed by atoms with Crippen LogP contribution in [0.4, 0.5) is 11.4 Å². The van der Waals surface area contributed by atoms with Gasteiger partial charge in [0.05, 0.1) is 6.42 Å². The molecule has 0 saturated carbocycles. The highest BCUT2D eigenvalue weighted by Crippen LogP contribution is 2.35. The molecule has 150 valence electrons. The summed E-state index contributed by atoms with van der Waals surface area (Å²) in [6.45, 7) is 7.24. The van der Waals surface area contributed by atoms with Crippen LogP contribution in [0.5, 0.6) is 0 Å². The molecule has 1 N–H and O–H groups in total. The van der Waals surface area contributed by atoms with Crippen LogP contribution in [0.1, 0.15) is 39.7 Å². The summed E-state index contributed by atoms with van der Waals surface area (Å²) in [5.74, 6) is -0.0921. The topological polar surface area (TPSA) is 82.1 Å². The van der Waals surface area contributed by atoms with Gasteiger partial charge in [-0.15, -0.1) is 0 Å². The smallest absolute Gasteiger partial charge is 0.250 e. The largest absolute Gasteiger partial charge is 0.324 e. The number of nitrogens with one attached hydrogen (secondary N) is 1. The molecule has 0 unspecified atom stereocenters. The summed E-state index contributed by atoms with van der Waals surface area (Å²) in [5.41, 5.74) is 2.46. The third kappa shape index (κ3) is 3.16. The van der Waals surface area contributed by atoms with Crippen LogP contribution in [0, 0.1) is 0 Å². The number of anilines is 2. The van der Waals surface area contributed by atoms with Crippen LogP contribution in [0.3, 0.4) is 0 Å². The van der Waals surface area contributed by atoms with Gasteiger partial charge in [-0.05, 0) is 68.7 Å². The van der Waals surface area contributed by atoms with Crippen LogP contribution >= 0.6 is 0 Å². The van der Waals surface area contributed by atoms with Crippen LogP contribution < -0.4 is 10.2 Å². The summed E-state index contributed by atoms with van der Waals surface area (Å²) < 4.78 is 0. The van der Waals surface area contributed by atoms with Gasteiger partial charge in [-0.1, -0.05) is 0 Å². The minimum absolute atomic E-state index is 0.000347. The van der Waals surface area contributed by atoms with Crippen molar-refractivity contribution in [2.45, 2.75) is 52.1 Å². The Morgan fingerprint density at radius 3 is 2.79 bits per heavy atom. The van der Waals surface area contributed by atoms with Crippen molar-refractivity contribution in [2.75, 3.05) is 10.2 Å². The molecule has 1 aromatic carbocycles. The zero-order chi connectivity index (χ0) is 20.9. The maximum atomic E-state index is 13.2. The molecule has 0 aromatic heterocycles. The van der Waals surface area contributed by atoms with Crippen LogP contribution in [-0.2, 0) is 20.8 Å². The lowest BCUT2D eigenvalue weighted by molar-refractivity contribution is -0.130. The van der Waals surface area contributed by atoms with Gasteiger partial charge in [0.2, 0.25) is 5.91 Å². The molecule has 0 radical (unpaired) electrons. The van der Waals surface area contributed by atoms with Gasteiger partial charge in [0, 0.05) is 30.5 Å². The van der Waals surface area contributed by atoms with Crippen LogP contribution in [0.15, 0.2) is 47.1 Å². The second-order valence-corrected chi connectivity index (χ2v) is 8.13. The first-order valence-corrected chi connectivity index (χ1v) is 9.70. The fraction of sp³-hybridized carbons (Fsp3) is 0.364. The van der Waals surface area contributed by atoms with E-state index in [9.17, 15) is 14.4 Å². The first-order valence-electron chi connectivity index (χ1n) is 9.70. The summed E-state index contributed by atoms with van der Waals surface area (Å²) in [5, 5.41) is 2.96. The van der Waals surface area contributed by atoms with E-state index >= 15 is 0 Å². The molecule has 0 spiro atoms. The van der Waals surface area contributed by atoms with Gasteiger partial charge in [-0.25, -0.2) is 0 Å². The van der Waals surface area contributed by atoms with E-state index in [-0.39, 0.29) is 30.2 Å². The van der Waals surface area contributed by atoms with Crippen molar-refractivity contribution in [1.29, 1.82) is 0 Å². The number of hydrogen-bond acceptors (Lipinski definition) is 4. The Morgan fingerprint density at radius 1 is 1.31 bits per heavy atom. The Hall–Kier alpha value is -3.22. The van der Waals surface area contributed by atoms with Gasteiger partial charge in [0.15, 0.2) is 0 Å². The predicted molar refractivity (Wildman–Crippen MR) is 112 cm³/mol. The van der Waals surface area contributed by atoms with E-state index in [1.54, 1.807) is 42.0 Å². The average molecular weight is 392 g/mol. The predicted octanol–water partition coefficient (Wildman–Crippen LogP) is 2.79. The second-order valence-electron chi connectivity index (χ2n) is 8.13. The number of benzene rings is 1. The molecule has 7 heteroatoms.